The number of likely N-dealkylation sites (tertiary alicyclic amines) is 1. The molecule has 1 aromatic carbocycles. The van der Waals surface area contributed by atoms with Gasteiger partial charge in [0.15, 0.2) is 0 Å². The van der Waals surface area contributed by atoms with E-state index in [0.29, 0.717) is 51.3 Å². The van der Waals surface area contributed by atoms with Crippen molar-refractivity contribution in [3.63, 3.8) is 0 Å². The minimum absolute atomic E-state index is 0.0708. The summed E-state index contributed by atoms with van der Waals surface area (Å²) in [5.74, 6) is 0.646. The van der Waals surface area contributed by atoms with Gasteiger partial charge in [0.25, 0.3) is 0 Å². The van der Waals surface area contributed by atoms with E-state index in [-0.39, 0.29) is 24.5 Å². The second-order valence-corrected chi connectivity index (χ2v) is 11.8. The van der Waals surface area contributed by atoms with Crippen LogP contribution in [-0.2, 0) is 17.8 Å². The molecule has 3 aromatic rings. The molecule has 42 heavy (non-hydrogen) atoms. The zero-order valence-electron chi connectivity index (χ0n) is 24.1. The topological polar surface area (TPSA) is 107 Å². The molecule has 3 aliphatic heterocycles. The van der Waals surface area contributed by atoms with Gasteiger partial charge >= 0.3 is 6.01 Å². The fraction of sp³-hybridized carbons (Fsp3) is 0.500. The van der Waals surface area contributed by atoms with Crippen molar-refractivity contribution in [1.82, 2.24) is 35.3 Å². The molecule has 0 spiro atoms. The van der Waals surface area contributed by atoms with Crippen molar-refractivity contribution < 1.29 is 9.53 Å². The molecule has 3 atom stereocenters. The number of ether oxygens (including phenoxy) is 1. The Kier molecular flexibility index (Phi) is 8.03. The number of fused-ring (bicyclic) bond motifs is 2. The van der Waals surface area contributed by atoms with Gasteiger partial charge in [-0.15, -0.1) is 0 Å². The summed E-state index contributed by atoms with van der Waals surface area (Å²) < 4.78 is 6.27. The van der Waals surface area contributed by atoms with Crippen molar-refractivity contribution in [1.29, 1.82) is 0 Å². The quantitative estimate of drug-likeness (QED) is 0.319. The number of aromatic amines is 1. The Labute approximate surface area is 250 Å². The maximum Gasteiger partial charge on any atom is 0.318 e. The summed E-state index contributed by atoms with van der Waals surface area (Å²) in [6.45, 7) is 17.1. The average molecular weight is 590 g/mol. The van der Waals surface area contributed by atoms with Crippen LogP contribution >= 0.6 is 11.6 Å². The van der Waals surface area contributed by atoms with Crippen LogP contribution < -0.4 is 15.0 Å². The molecule has 220 valence electrons. The standard InChI is InChI=1S/C30H36ClN9O2/c1-5-26(41)40-10-9-39(16-20(40)13-32-3)29-22-14-33-25(27-21-15-34-37-24(21)11-18(2)28(27)31)12-23(22)35-30(36-29)42-17-19-7-6-8-38(19)4/h5,11,15,19-20,25,33H,1,6-10,12-14,16-17H2,2,4H3,(H,34,37)/t19-,20-,25+/m0/s1. The van der Waals surface area contributed by atoms with Gasteiger partial charge in [-0.25, -0.2) is 6.57 Å². The number of carbonyl (C=O) groups is 1. The Balaban J connectivity index is 1.35. The van der Waals surface area contributed by atoms with Crippen LogP contribution in [0, 0.1) is 13.5 Å². The highest BCUT2D eigenvalue weighted by molar-refractivity contribution is 6.33. The molecule has 3 aliphatic rings. The van der Waals surface area contributed by atoms with E-state index in [1.807, 2.05) is 19.2 Å². The van der Waals surface area contributed by atoms with Crippen LogP contribution in [0.4, 0.5) is 5.82 Å². The van der Waals surface area contributed by atoms with Gasteiger partial charge in [-0.1, -0.05) is 18.2 Å². The molecule has 0 aliphatic carbocycles. The lowest BCUT2D eigenvalue weighted by Crippen LogP contribution is -2.56. The Morgan fingerprint density at radius 3 is 2.93 bits per heavy atom. The van der Waals surface area contributed by atoms with Gasteiger partial charge in [-0.05, 0) is 56.6 Å². The Morgan fingerprint density at radius 1 is 1.31 bits per heavy atom. The molecule has 2 N–H and O–H groups in total. The maximum absolute atomic E-state index is 12.5. The highest BCUT2D eigenvalue weighted by Crippen LogP contribution is 2.39. The Morgan fingerprint density at radius 2 is 2.17 bits per heavy atom. The minimum atomic E-state index is -0.256. The lowest BCUT2D eigenvalue weighted by Gasteiger charge is -2.40. The number of nitrogens with zero attached hydrogens (tertiary/aromatic N) is 7. The van der Waals surface area contributed by atoms with Crippen molar-refractivity contribution >= 4 is 34.2 Å². The fourth-order valence-electron chi connectivity index (χ4n) is 6.52. The molecule has 6 rings (SSSR count). The van der Waals surface area contributed by atoms with Crippen molar-refractivity contribution in [3.8, 4) is 6.01 Å². The summed E-state index contributed by atoms with van der Waals surface area (Å²) in [5, 5.41) is 12.7. The lowest BCUT2D eigenvalue weighted by molar-refractivity contribution is -0.128. The molecular formula is C30H36ClN9O2. The third-order valence-corrected chi connectivity index (χ3v) is 9.34. The summed E-state index contributed by atoms with van der Waals surface area (Å²) in [5.41, 5.74) is 4.87. The van der Waals surface area contributed by atoms with Gasteiger partial charge in [0, 0.05) is 60.7 Å². The molecule has 0 unspecified atom stereocenters. The van der Waals surface area contributed by atoms with Crippen molar-refractivity contribution in [3.05, 3.63) is 63.7 Å². The number of piperazine rings is 1. The third-order valence-electron chi connectivity index (χ3n) is 8.84. The monoisotopic (exact) mass is 589 g/mol. The normalized spacial score (nSPS) is 22.7. The van der Waals surface area contributed by atoms with E-state index < -0.39 is 0 Å². The highest BCUT2D eigenvalue weighted by Gasteiger charge is 2.36. The molecule has 0 radical (unpaired) electrons. The number of aryl methyl sites for hydroxylation is 1. The van der Waals surface area contributed by atoms with E-state index in [1.165, 1.54) is 6.08 Å². The SMILES string of the molecule is [C-]#[N+]C[C@H]1CN(c2nc(OC[C@@H]3CCCN3C)nc3c2CN[C@@H](c2c(Cl)c(C)cc4[nH]ncc24)C3)CCN1C(=O)C=C. The predicted octanol–water partition coefficient (Wildman–Crippen LogP) is 3.30. The molecular weight excluding hydrogens is 554 g/mol. The zero-order valence-corrected chi connectivity index (χ0v) is 24.8. The summed E-state index contributed by atoms with van der Waals surface area (Å²) in [7, 11) is 2.13. The summed E-state index contributed by atoms with van der Waals surface area (Å²) in [6.07, 6.45) is 6.00. The molecule has 12 heteroatoms. The molecule has 0 bridgehead atoms. The fourth-order valence-corrected chi connectivity index (χ4v) is 6.80. The summed E-state index contributed by atoms with van der Waals surface area (Å²) in [4.78, 5) is 32.3. The summed E-state index contributed by atoms with van der Waals surface area (Å²) >= 11 is 6.89. The van der Waals surface area contributed by atoms with Crippen LogP contribution in [0.25, 0.3) is 15.7 Å². The Bertz CT molecular complexity index is 1550. The number of hydrogen-bond donors (Lipinski definition) is 2. The predicted molar refractivity (Wildman–Crippen MR) is 162 cm³/mol. The first kappa shape index (κ1) is 28.4. The number of H-pyrrole nitrogens is 1. The maximum atomic E-state index is 12.5. The minimum Gasteiger partial charge on any atom is -0.462 e. The molecule has 5 heterocycles. The number of likely N-dealkylation sites (N-methyl/N-ethyl adjacent to an activating group) is 1. The number of carbonyl (C=O) groups excluding carboxylic acids is 1. The van der Waals surface area contributed by atoms with E-state index in [2.05, 4.69) is 43.8 Å². The molecule has 0 saturated carbocycles. The molecule has 2 saturated heterocycles. The smallest absolute Gasteiger partial charge is 0.318 e. The second kappa shape index (κ2) is 11.9. The first-order valence-corrected chi connectivity index (χ1v) is 14.8. The van der Waals surface area contributed by atoms with E-state index in [9.17, 15) is 4.79 Å². The number of halogens is 1. The number of benzene rings is 1. The molecule has 2 fully saturated rings. The van der Waals surface area contributed by atoms with Crippen LogP contribution in [0.15, 0.2) is 24.9 Å². The highest BCUT2D eigenvalue weighted by atomic mass is 35.5. The number of rotatable bonds is 7. The third kappa shape index (κ3) is 5.30. The number of nitrogens with one attached hydrogen (secondary N) is 2. The number of anilines is 1. The number of hydrogen-bond acceptors (Lipinski definition) is 8. The van der Waals surface area contributed by atoms with Crippen LogP contribution in [0.1, 0.15) is 41.3 Å². The first-order valence-electron chi connectivity index (χ1n) is 14.5. The largest absolute Gasteiger partial charge is 0.462 e. The van der Waals surface area contributed by atoms with Crippen molar-refractivity contribution in [2.75, 3.05) is 51.3 Å². The van der Waals surface area contributed by atoms with Gasteiger partial charge in [-0.2, -0.15) is 15.1 Å². The van der Waals surface area contributed by atoms with Crippen LogP contribution in [-0.4, -0.2) is 94.3 Å². The van der Waals surface area contributed by atoms with Crippen LogP contribution in [0.2, 0.25) is 5.02 Å². The molecule has 11 nitrogen and oxygen atoms in total. The van der Waals surface area contributed by atoms with E-state index in [0.717, 1.165) is 63.5 Å². The van der Waals surface area contributed by atoms with Crippen LogP contribution in [0.5, 0.6) is 6.01 Å². The van der Waals surface area contributed by atoms with Gasteiger partial charge in [0.05, 0.1) is 17.4 Å². The van der Waals surface area contributed by atoms with E-state index in [1.54, 1.807) is 4.90 Å². The van der Waals surface area contributed by atoms with Crippen molar-refractivity contribution in [2.24, 2.45) is 0 Å². The van der Waals surface area contributed by atoms with Crippen molar-refractivity contribution in [2.45, 2.75) is 50.9 Å². The molecule has 1 amide bonds. The number of aromatic nitrogens is 4. The molecule has 2 aromatic heterocycles. The second-order valence-electron chi connectivity index (χ2n) is 11.4. The van der Waals surface area contributed by atoms with Gasteiger partial charge in [-0.3, -0.25) is 9.89 Å². The number of amides is 1. The summed E-state index contributed by atoms with van der Waals surface area (Å²) in [6, 6.07) is 2.39. The van der Waals surface area contributed by atoms with E-state index in [4.69, 9.17) is 32.9 Å². The van der Waals surface area contributed by atoms with Crippen LogP contribution in [0.3, 0.4) is 0 Å². The lowest BCUT2D eigenvalue weighted by atomic mass is 9.92. The van der Waals surface area contributed by atoms with Gasteiger partial charge < -0.3 is 29.6 Å². The van der Waals surface area contributed by atoms with Gasteiger partial charge in [0.1, 0.15) is 18.5 Å². The van der Waals surface area contributed by atoms with E-state index >= 15 is 0 Å². The zero-order chi connectivity index (χ0) is 29.4. The average Bonchev–Trinajstić information content (AvgIpc) is 3.63. The Hall–Kier alpha value is -3.72. The van der Waals surface area contributed by atoms with Gasteiger partial charge in [0.2, 0.25) is 12.5 Å². The first-order chi connectivity index (χ1) is 20.4.